The van der Waals surface area contributed by atoms with Crippen LogP contribution in [0.5, 0.6) is 11.5 Å². The number of phenolic OH excluding ortho intramolecular Hbond substituents is 2. The first-order valence-electron chi connectivity index (χ1n) is 5.29. The van der Waals surface area contributed by atoms with E-state index in [0.717, 1.165) is 0 Å². The van der Waals surface area contributed by atoms with Gasteiger partial charge in [-0.1, -0.05) is 11.2 Å². The topological polar surface area (TPSA) is 95.6 Å². The first kappa shape index (κ1) is 12.0. The maximum absolute atomic E-state index is 11.8. The van der Waals surface area contributed by atoms with Crippen LogP contribution in [0.15, 0.2) is 28.8 Å². The van der Waals surface area contributed by atoms with Crippen LogP contribution in [-0.4, -0.2) is 21.3 Å². The van der Waals surface area contributed by atoms with E-state index in [1.807, 2.05) is 0 Å². The second-order valence-electron chi connectivity index (χ2n) is 3.78. The molecule has 1 heterocycles. The zero-order chi connectivity index (χ0) is 13.1. The highest BCUT2D eigenvalue weighted by atomic mass is 16.5. The summed E-state index contributed by atoms with van der Waals surface area (Å²) in [7, 11) is 0. The molecule has 0 unspecified atom stereocenters. The van der Waals surface area contributed by atoms with Gasteiger partial charge in [0, 0.05) is 6.07 Å². The van der Waals surface area contributed by atoms with Gasteiger partial charge in [0.1, 0.15) is 11.5 Å². The molecule has 1 aromatic carbocycles. The van der Waals surface area contributed by atoms with E-state index in [2.05, 4.69) is 10.5 Å². The van der Waals surface area contributed by atoms with Crippen molar-refractivity contribution >= 4 is 5.91 Å². The summed E-state index contributed by atoms with van der Waals surface area (Å²) in [5, 5.41) is 25.1. The Morgan fingerprint density at radius 3 is 2.89 bits per heavy atom. The lowest BCUT2D eigenvalue weighted by Gasteiger charge is -2.06. The van der Waals surface area contributed by atoms with Crippen LogP contribution >= 0.6 is 0 Å². The Morgan fingerprint density at radius 2 is 2.22 bits per heavy atom. The standard InChI is InChI=1S/C12H12N2O4/c1-7-5-8(14-18-7)6-13-12(17)9-3-2-4-10(15)11(9)16/h2-5,15-16H,6H2,1H3,(H,13,17). The van der Waals surface area contributed by atoms with Gasteiger partial charge >= 0.3 is 0 Å². The minimum Gasteiger partial charge on any atom is -0.504 e. The highest BCUT2D eigenvalue weighted by Crippen LogP contribution is 2.27. The van der Waals surface area contributed by atoms with E-state index in [4.69, 9.17) is 4.52 Å². The highest BCUT2D eigenvalue weighted by Gasteiger charge is 2.13. The molecule has 6 nitrogen and oxygen atoms in total. The average Bonchev–Trinajstić information content (AvgIpc) is 2.76. The number of rotatable bonds is 3. The van der Waals surface area contributed by atoms with Crippen LogP contribution in [0.4, 0.5) is 0 Å². The number of benzene rings is 1. The lowest BCUT2D eigenvalue weighted by atomic mass is 10.1. The van der Waals surface area contributed by atoms with Crippen molar-refractivity contribution in [1.29, 1.82) is 0 Å². The fraction of sp³-hybridized carbons (Fsp3) is 0.167. The SMILES string of the molecule is Cc1cc(CNC(=O)c2cccc(O)c2O)no1. The molecule has 0 saturated carbocycles. The number of nitrogens with one attached hydrogen (secondary N) is 1. The maximum Gasteiger partial charge on any atom is 0.255 e. The van der Waals surface area contributed by atoms with Gasteiger partial charge in [-0.15, -0.1) is 0 Å². The molecule has 18 heavy (non-hydrogen) atoms. The van der Waals surface area contributed by atoms with Crippen molar-refractivity contribution in [2.75, 3.05) is 0 Å². The molecule has 0 fully saturated rings. The zero-order valence-electron chi connectivity index (χ0n) is 9.67. The molecular weight excluding hydrogens is 236 g/mol. The van der Waals surface area contributed by atoms with Crippen molar-refractivity contribution in [2.24, 2.45) is 0 Å². The highest BCUT2D eigenvalue weighted by molar-refractivity contribution is 5.97. The van der Waals surface area contributed by atoms with E-state index < -0.39 is 11.7 Å². The summed E-state index contributed by atoms with van der Waals surface area (Å²) in [6.07, 6.45) is 0. The summed E-state index contributed by atoms with van der Waals surface area (Å²) in [6, 6.07) is 5.89. The molecule has 1 amide bonds. The molecule has 0 atom stereocenters. The van der Waals surface area contributed by atoms with Crippen molar-refractivity contribution in [3.8, 4) is 11.5 Å². The van der Waals surface area contributed by atoms with Gasteiger partial charge in [-0.3, -0.25) is 4.79 Å². The van der Waals surface area contributed by atoms with E-state index in [1.54, 1.807) is 13.0 Å². The molecular formula is C12H12N2O4. The third kappa shape index (κ3) is 2.42. The Labute approximate surface area is 103 Å². The van der Waals surface area contributed by atoms with Crippen LogP contribution in [0.3, 0.4) is 0 Å². The molecule has 3 N–H and O–H groups in total. The lowest BCUT2D eigenvalue weighted by molar-refractivity contribution is 0.0946. The molecule has 2 rings (SSSR count). The van der Waals surface area contributed by atoms with Crippen molar-refractivity contribution < 1.29 is 19.5 Å². The van der Waals surface area contributed by atoms with Gasteiger partial charge in [0.05, 0.1) is 12.1 Å². The molecule has 0 bridgehead atoms. The Morgan fingerprint density at radius 1 is 1.44 bits per heavy atom. The van der Waals surface area contributed by atoms with Gasteiger partial charge in [-0.25, -0.2) is 0 Å². The number of hydrogen-bond donors (Lipinski definition) is 3. The normalized spacial score (nSPS) is 10.3. The van der Waals surface area contributed by atoms with Gasteiger partial charge in [0.25, 0.3) is 5.91 Å². The van der Waals surface area contributed by atoms with Crippen LogP contribution < -0.4 is 5.32 Å². The quantitative estimate of drug-likeness (QED) is 0.712. The van der Waals surface area contributed by atoms with E-state index in [-0.39, 0.29) is 17.9 Å². The Balaban J connectivity index is 2.06. The van der Waals surface area contributed by atoms with Gasteiger partial charge in [0.2, 0.25) is 0 Å². The van der Waals surface area contributed by atoms with Crippen LogP contribution in [0, 0.1) is 6.92 Å². The maximum atomic E-state index is 11.8. The first-order valence-corrected chi connectivity index (χ1v) is 5.29. The molecule has 0 radical (unpaired) electrons. The van der Waals surface area contributed by atoms with Crippen molar-refractivity contribution in [3.63, 3.8) is 0 Å². The second kappa shape index (κ2) is 4.79. The number of aromatic nitrogens is 1. The summed E-state index contributed by atoms with van der Waals surface area (Å²) < 4.78 is 4.85. The fourth-order valence-corrected chi connectivity index (χ4v) is 1.48. The lowest BCUT2D eigenvalue weighted by Crippen LogP contribution is -2.23. The molecule has 0 aliphatic heterocycles. The zero-order valence-corrected chi connectivity index (χ0v) is 9.67. The molecule has 0 saturated heterocycles. The van der Waals surface area contributed by atoms with Crippen LogP contribution in [0.2, 0.25) is 0 Å². The summed E-state index contributed by atoms with van der Waals surface area (Å²) in [5.74, 6) is -0.616. The smallest absolute Gasteiger partial charge is 0.255 e. The molecule has 0 spiro atoms. The monoisotopic (exact) mass is 248 g/mol. The van der Waals surface area contributed by atoms with E-state index in [0.29, 0.717) is 11.5 Å². The van der Waals surface area contributed by atoms with Crippen LogP contribution in [0.25, 0.3) is 0 Å². The predicted octanol–water partition coefficient (Wildman–Crippen LogP) is 1.32. The van der Waals surface area contributed by atoms with Crippen molar-refractivity contribution in [2.45, 2.75) is 13.5 Å². The largest absolute Gasteiger partial charge is 0.504 e. The van der Waals surface area contributed by atoms with E-state index in [9.17, 15) is 15.0 Å². The second-order valence-corrected chi connectivity index (χ2v) is 3.78. The van der Waals surface area contributed by atoms with E-state index >= 15 is 0 Å². The van der Waals surface area contributed by atoms with Gasteiger partial charge in [0.15, 0.2) is 11.5 Å². The summed E-state index contributed by atoms with van der Waals surface area (Å²) in [4.78, 5) is 11.8. The van der Waals surface area contributed by atoms with Gasteiger partial charge in [-0.2, -0.15) is 0 Å². The third-order valence-electron chi connectivity index (χ3n) is 2.37. The average molecular weight is 248 g/mol. The molecule has 94 valence electrons. The Kier molecular flexibility index (Phi) is 3.18. The van der Waals surface area contributed by atoms with Gasteiger partial charge < -0.3 is 20.1 Å². The number of carbonyl (C=O) groups is 1. The van der Waals surface area contributed by atoms with Crippen LogP contribution in [-0.2, 0) is 6.54 Å². The number of hydrogen-bond acceptors (Lipinski definition) is 5. The molecule has 0 aliphatic rings. The van der Waals surface area contributed by atoms with Crippen molar-refractivity contribution in [1.82, 2.24) is 10.5 Å². The molecule has 0 aliphatic carbocycles. The van der Waals surface area contributed by atoms with Crippen LogP contribution in [0.1, 0.15) is 21.8 Å². The predicted molar refractivity (Wildman–Crippen MR) is 62.2 cm³/mol. The first-order chi connectivity index (χ1) is 8.58. The number of aromatic hydroxyl groups is 2. The number of para-hydroxylation sites is 1. The summed E-state index contributed by atoms with van der Waals surface area (Å²) in [6.45, 7) is 1.94. The minimum atomic E-state index is -0.496. The summed E-state index contributed by atoms with van der Waals surface area (Å²) in [5.41, 5.74) is 0.593. The number of carbonyl (C=O) groups excluding carboxylic acids is 1. The fourth-order valence-electron chi connectivity index (χ4n) is 1.48. The third-order valence-corrected chi connectivity index (χ3v) is 2.37. The van der Waals surface area contributed by atoms with Gasteiger partial charge in [-0.05, 0) is 19.1 Å². The van der Waals surface area contributed by atoms with E-state index in [1.165, 1.54) is 18.2 Å². The Bertz CT molecular complexity index is 577. The number of amides is 1. The number of aryl methyl sites for hydroxylation is 1. The molecule has 1 aromatic heterocycles. The molecule has 2 aromatic rings. The summed E-state index contributed by atoms with van der Waals surface area (Å²) >= 11 is 0. The van der Waals surface area contributed by atoms with Crippen molar-refractivity contribution in [3.05, 3.63) is 41.3 Å². The minimum absolute atomic E-state index is 0.00946. The number of nitrogens with zero attached hydrogens (tertiary/aromatic N) is 1. The number of phenols is 2. The Hall–Kier alpha value is -2.50. The molecule has 6 heteroatoms.